The molecule has 4 nitrogen and oxygen atoms in total. The van der Waals surface area contributed by atoms with Gasteiger partial charge in [0.25, 0.3) is 5.91 Å². The summed E-state index contributed by atoms with van der Waals surface area (Å²) in [6.45, 7) is 6.28. The standard InChI is InChI=1S/C16H24N2O2/c1-3-12-8-10-18(11-9-12)16(19)13-6-5-7-14(17)15(13)20-4-2/h5-7,12H,3-4,8-11,17H2,1-2H3. The van der Waals surface area contributed by atoms with Gasteiger partial charge in [-0.3, -0.25) is 4.79 Å². The van der Waals surface area contributed by atoms with Crippen LogP contribution in [0.3, 0.4) is 0 Å². The zero-order valence-electron chi connectivity index (χ0n) is 12.4. The Kier molecular flexibility index (Phi) is 4.88. The summed E-state index contributed by atoms with van der Waals surface area (Å²) in [6.07, 6.45) is 3.38. The number of carbonyl (C=O) groups excluding carboxylic acids is 1. The summed E-state index contributed by atoms with van der Waals surface area (Å²) in [7, 11) is 0. The summed E-state index contributed by atoms with van der Waals surface area (Å²) in [4.78, 5) is 14.6. The van der Waals surface area contributed by atoms with Crippen LogP contribution in [0.25, 0.3) is 0 Å². The number of piperidine rings is 1. The largest absolute Gasteiger partial charge is 0.491 e. The molecule has 0 radical (unpaired) electrons. The van der Waals surface area contributed by atoms with E-state index in [4.69, 9.17) is 10.5 Å². The lowest BCUT2D eigenvalue weighted by Gasteiger charge is -2.32. The number of anilines is 1. The topological polar surface area (TPSA) is 55.6 Å². The lowest BCUT2D eigenvalue weighted by atomic mass is 9.94. The first-order valence-electron chi connectivity index (χ1n) is 7.47. The van der Waals surface area contributed by atoms with Crippen LogP contribution in [-0.4, -0.2) is 30.5 Å². The van der Waals surface area contributed by atoms with Crippen LogP contribution >= 0.6 is 0 Å². The number of rotatable bonds is 4. The summed E-state index contributed by atoms with van der Waals surface area (Å²) in [5.74, 6) is 1.32. The van der Waals surface area contributed by atoms with Gasteiger partial charge >= 0.3 is 0 Å². The van der Waals surface area contributed by atoms with Gasteiger partial charge < -0.3 is 15.4 Å². The summed E-state index contributed by atoms with van der Waals surface area (Å²) < 4.78 is 5.55. The van der Waals surface area contributed by atoms with Crippen molar-refractivity contribution in [2.75, 3.05) is 25.4 Å². The van der Waals surface area contributed by atoms with Gasteiger partial charge in [-0.15, -0.1) is 0 Å². The summed E-state index contributed by atoms with van der Waals surface area (Å²) in [5.41, 5.74) is 7.04. The van der Waals surface area contributed by atoms with Crippen LogP contribution in [0.2, 0.25) is 0 Å². The van der Waals surface area contributed by atoms with Crippen molar-refractivity contribution in [3.63, 3.8) is 0 Å². The number of ether oxygens (including phenoxy) is 1. The van der Waals surface area contributed by atoms with E-state index in [1.165, 1.54) is 6.42 Å². The van der Waals surface area contributed by atoms with Crippen molar-refractivity contribution in [1.82, 2.24) is 4.90 Å². The minimum absolute atomic E-state index is 0.0373. The Hall–Kier alpha value is -1.71. The highest BCUT2D eigenvalue weighted by Crippen LogP contribution is 2.29. The third-order valence-electron chi connectivity index (χ3n) is 4.04. The Bertz CT molecular complexity index is 466. The number of nitrogen functional groups attached to an aromatic ring is 1. The summed E-state index contributed by atoms with van der Waals surface area (Å²) >= 11 is 0. The second-order valence-electron chi connectivity index (χ2n) is 5.30. The van der Waals surface area contributed by atoms with E-state index in [0.717, 1.165) is 31.8 Å². The molecule has 20 heavy (non-hydrogen) atoms. The van der Waals surface area contributed by atoms with Gasteiger partial charge in [-0.05, 0) is 37.8 Å². The highest BCUT2D eigenvalue weighted by molar-refractivity contribution is 5.98. The van der Waals surface area contributed by atoms with Gasteiger partial charge in [0, 0.05) is 13.1 Å². The van der Waals surface area contributed by atoms with Crippen LogP contribution in [0.15, 0.2) is 18.2 Å². The molecule has 1 aromatic carbocycles. The first kappa shape index (κ1) is 14.7. The fourth-order valence-corrected chi connectivity index (χ4v) is 2.74. The molecule has 0 aliphatic carbocycles. The molecule has 1 aliphatic rings. The number of likely N-dealkylation sites (tertiary alicyclic amines) is 1. The highest BCUT2D eigenvalue weighted by Gasteiger charge is 2.25. The van der Waals surface area contributed by atoms with Crippen LogP contribution in [0.5, 0.6) is 5.75 Å². The Morgan fingerprint density at radius 2 is 2.05 bits per heavy atom. The van der Waals surface area contributed by atoms with E-state index in [0.29, 0.717) is 23.6 Å². The smallest absolute Gasteiger partial charge is 0.257 e. The van der Waals surface area contributed by atoms with E-state index in [1.807, 2.05) is 17.9 Å². The molecule has 0 aromatic heterocycles. The third kappa shape index (κ3) is 3.06. The number of hydrogen-bond donors (Lipinski definition) is 1. The summed E-state index contributed by atoms with van der Waals surface area (Å²) in [6, 6.07) is 5.38. The molecule has 1 heterocycles. The molecule has 0 saturated carbocycles. The lowest BCUT2D eigenvalue weighted by molar-refractivity contribution is 0.0685. The summed E-state index contributed by atoms with van der Waals surface area (Å²) in [5, 5.41) is 0. The molecule has 1 aromatic rings. The van der Waals surface area contributed by atoms with E-state index < -0.39 is 0 Å². The van der Waals surface area contributed by atoms with Gasteiger partial charge in [0.05, 0.1) is 17.9 Å². The zero-order valence-corrected chi connectivity index (χ0v) is 12.4. The first-order valence-corrected chi connectivity index (χ1v) is 7.47. The van der Waals surface area contributed by atoms with Gasteiger partial charge in [0.1, 0.15) is 0 Å². The third-order valence-corrected chi connectivity index (χ3v) is 4.04. The Morgan fingerprint density at radius 3 is 2.65 bits per heavy atom. The molecule has 1 fully saturated rings. The molecule has 0 bridgehead atoms. The van der Waals surface area contributed by atoms with Crippen LogP contribution in [-0.2, 0) is 0 Å². The highest BCUT2D eigenvalue weighted by atomic mass is 16.5. The predicted molar refractivity (Wildman–Crippen MR) is 80.9 cm³/mol. The molecule has 1 saturated heterocycles. The number of hydrogen-bond acceptors (Lipinski definition) is 3. The van der Waals surface area contributed by atoms with Crippen molar-refractivity contribution in [2.24, 2.45) is 5.92 Å². The van der Waals surface area contributed by atoms with Gasteiger partial charge in [0.15, 0.2) is 5.75 Å². The number of amides is 1. The maximum Gasteiger partial charge on any atom is 0.257 e. The van der Waals surface area contributed by atoms with Gasteiger partial charge in [-0.25, -0.2) is 0 Å². The van der Waals surface area contributed by atoms with Crippen LogP contribution in [0.4, 0.5) is 5.69 Å². The maximum atomic E-state index is 12.6. The molecule has 2 rings (SSSR count). The second-order valence-corrected chi connectivity index (χ2v) is 5.30. The van der Waals surface area contributed by atoms with Crippen molar-refractivity contribution < 1.29 is 9.53 Å². The predicted octanol–water partition coefficient (Wildman–Crippen LogP) is 2.93. The van der Waals surface area contributed by atoms with Gasteiger partial charge in [-0.1, -0.05) is 19.4 Å². The molecule has 110 valence electrons. The zero-order chi connectivity index (χ0) is 14.5. The van der Waals surface area contributed by atoms with Crippen molar-refractivity contribution in [3.8, 4) is 5.75 Å². The molecule has 1 aliphatic heterocycles. The number of para-hydroxylation sites is 1. The molecule has 2 N–H and O–H groups in total. The minimum atomic E-state index is 0.0373. The number of benzene rings is 1. The fourth-order valence-electron chi connectivity index (χ4n) is 2.74. The van der Waals surface area contributed by atoms with Crippen molar-refractivity contribution >= 4 is 11.6 Å². The van der Waals surface area contributed by atoms with Crippen LogP contribution in [0, 0.1) is 5.92 Å². The normalized spacial score (nSPS) is 16.2. The lowest BCUT2D eigenvalue weighted by Crippen LogP contribution is -2.38. The second kappa shape index (κ2) is 6.64. The molecule has 0 spiro atoms. The number of carbonyl (C=O) groups is 1. The van der Waals surface area contributed by atoms with Gasteiger partial charge in [0.2, 0.25) is 0 Å². The average molecular weight is 276 g/mol. The SMILES string of the molecule is CCOc1c(N)cccc1C(=O)N1CCC(CC)CC1. The maximum absolute atomic E-state index is 12.6. The number of nitrogens with zero attached hydrogens (tertiary/aromatic N) is 1. The molecular formula is C16H24N2O2. The number of nitrogens with two attached hydrogens (primary N) is 1. The molecule has 0 unspecified atom stereocenters. The van der Waals surface area contributed by atoms with E-state index in [9.17, 15) is 4.79 Å². The quantitative estimate of drug-likeness (QED) is 0.860. The first-order chi connectivity index (χ1) is 9.67. The van der Waals surface area contributed by atoms with E-state index in [2.05, 4.69) is 6.92 Å². The average Bonchev–Trinajstić information content (AvgIpc) is 2.49. The minimum Gasteiger partial charge on any atom is -0.491 e. The van der Waals surface area contributed by atoms with E-state index >= 15 is 0 Å². The Labute approximate surface area is 120 Å². The van der Waals surface area contributed by atoms with Gasteiger partial charge in [-0.2, -0.15) is 0 Å². The molecule has 0 atom stereocenters. The molecular weight excluding hydrogens is 252 g/mol. The molecule has 4 heteroatoms. The van der Waals surface area contributed by atoms with Crippen LogP contribution in [0.1, 0.15) is 43.5 Å². The fraction of sp³-hybridized carbons (Fsp3) is 0.562. The van der Waals surface area contributed by atoms with Crippen molar-refractivity contribution in [3.05, 3.63) is 23.8 Å². The Balaban J connectivity index is 2.15. The van der Waals surface area contributed by atoms with Crippen LogP contribution < -0.4 is 10.5 Å². The Morgan fingerprint density at radius 1 is 1.35 bits per heavy atom. The van der Waals surface area contributed by atoms with E-state index in [-0.39, 0.29) is 5.91 Å². The van der Waals surface area contributed by atoms with Crippen molar-refractivity contribution in [1.29, 1.82) is 0 Å². The van der Waals surface area contributed by atoms with Crippen molar-refractivity contribution in [2.45, 2.75) is 33.1 Å². The molecule has 1 amide bonds. The van der Waals surface area contributed by atoms with E-state index in [1.54, 1.807) is 12.1 Å². The monoisotopic (exact) mass is 276 g/mol.